The Kier molecular flexibility index (Phi) is 6.11. The number of ether oxygens (including phenoxy) is 2. The van der Waals surface area contributed by atoms with E-state index in [4.69, 9.17) is 14.6 Å². The van der Waals surface area contributed by atoms with Crippen LogP contribution < -0.4 is 10.5 Å². The Morgan fingerprint density at radius 3 is 2.32 bits per heavy atom. The van der Waals surface area contributed by atoms with Crippen molar-refractivity contribution in [3.8, 4) is 0 Å². The molecule has 1 heterocycles. The molecule has 1 aliphatic heterocycles. The van der Waals surface area contributed by atoms with Crippen molar-refractivity contribution in [1.29, 1.82) is 0 Å². The van der Waals surface area contributed by atoms with Crippen molar-refractivity contribution in [2.24, 2.45) is 5.14 Å². The molecule has 6 N–H and O–H groups in total. The summed E-state index contributed by atoms with van der Waals surface area (Å²) in [5.41, 5.74) is 0.168. The first-order valence-electron chi connectivity index (χ1n) is 7.28. The van der Waals surface area contributed by atoms with Gasteiger partial charge >= 0.3 is 0 Å². The predicted octanol–water partition coefficient (Wildman–Crippen LogP) is -2.48. The van der Waals surface area contributed by atoms with Gasteiger partial charge in [0, 0.05) is 19.2 Å². The summed E-state index contributed by atoms with van der Waals surface area (Å²) in [4.78, 5) is 12.0. The minimum Gasteiger partial charge on any atom is -0.388 e. The second-order valence-corrected chi connectivity index (χ2v) is 7.09. The smallest absolute Gasteiger partial charge is 0.251 e. The van der Waals surface area contributed by atoms with Gasteiger partial charge in [-0.15, -0.1) is 0 Å². The van der Waals surface area contributed by atoms with Gasteiger partial charge in [-0.05, 0) is 24.3 Å². The highest BCUT2D eigenvalue weighted by molar-refractivity contribution is 7.89. The normalized spacial score (nSPS) is 30.0. The molecule has 140 valence electrons. The van der Waals surface area contributed by atoms with E-state index in [1.54, 1.807) is 0 Å². The largest absolute Gasteiger partial charge is 0.388 e. The van der Waals surface area contributed by atoms with Crippen LogP contribution in [0.25, 0.3) is 0 Å². The number of benzene rings is 1. The molecule has 0 unspecified atom stereocenters. The summed E-state index contributed by atoms with van der Waals surface area (Å²) in [6, 6.07) is 4.95. The highest BCUT2D eigenvalue weighted by atomic mass is 32.2. The molecule has 5 atom stereocenters. The molecular formula is C14H20N2O8S. The number of carbonyl (C=O) groups excluding carboxylic acids is 1. The van der Waals surface area contributed by atoms with Crippen molar-refractivity contribution in [1.82, 2.24) is 5.32 Å². The zero-order valence-corrected chi connectivity index (χ0v) is 14.1. The molecule has 2 rings (SSSR count). The molecule has 0 aromatic heterocycles. The second kappa shape index (κ2) is 7.74. The molecule has 1 saturated heterocycles. The van der Waals surface area contributed by atoms with E-state index in [1.165, 1.54) is 31.4 Å². The average Bonchev–Trinajstić information content (AvgIpc) is 2.58. The quantitative estimate of drug-likeness (QED) is 0.376. The number of amides is 1. The van der Waals surface area contributed by atoms with E-state index in [1.807, 2.05) is 0 Å². The molecule has 1 aromatic carbocycles. The molecule has 0 saturated carbocycles. The zero-order chi connectivity index (χ0) is 18.8. The number of hydrogen-bond donors (Lipinski definition) is 5. The lowest BCUT2D eigenvalue weighted by molar-refractivity contribution is -0.288. The maximum Gasteiger partial charge on any atom is 0.251 e. The van der Waals surface area contributed by atoms with Crippen LogP contribution in [-0.2, 0) is 19.5 Å². The molecule has 0 spiro atoms. The van der Waals surface area contributed by atoms with Gasteiger partial charge in [-0.3, -0.25) is 4.79 Å². The second-order valence-electron chi connectivity index (χ2n) is 5.53. The molecule has 1 fully saturated rings. The van der Waals surface area contributed by atoms with Gasteiger partial charge in [0.15, 0.2) is 6.29 Å². The summed E-state index contributed by atoms with van der Waals surface area (Å²) in [5, 5.41) is 36.8. The van der Waals surface area contributed by atoms with Crippen molar-refractivity contribution >= 4 is 15.9 Å². The number of sulfonamides is 1. The first-order valence-corrected chi connectivity index (χ1v) is 8.83. The number of aliphatic hydroxyl groups excluding tert-OH is 3. The van der Waals surface area contributed by atoms with Gasteiger partial charge < -0.3 is 30.1 Å². The van der Waals surface area contributed by atoms with Crippen LogP contribution in [0.1, 0.15) is 10.4 Å². The fourth-order valence-electron chi connectivity index (χ4n) is 2.37. The van der Waals surface area contributed by atoms with Gasteiger partial charge in [-0.1, -0.05) is 0 Å². The molecule has 0 bridgehead atoms. The molecule has 25 heavy (non-hydrogen) atoms. The van der Waals surface area contributed by atoms with E-state index < -0.39 is 46.6 Å². The van der Waals surface area contributed by atoms with Gasteiger partial charge in [0.25, 0.3) is 5.91 Å². The predicted molar refractivity (Wildman–Crippen MR) is 83.8 cm³/mol. The van der Waals surface area contributed by atoms with Crippen LogP contribution in [0.15, 0.2) is 29.2 Å². The van der Waals surface area contributed by atoms with E-state index in [9.17, 15) is 28.5 Å². The molecule has 0 radical (unpaired) electrons. The van der Waals surface area contributed by atoms with Gasteiger partial charge in [0.1, 0.15) is 24.4 Å². The van der Waals surface area contributed by atoms with Gasteiger partial charge in [0.05, 0.1) is 4.90 Å². The number of rotatable bonds is 5. The number of nitrogens with one attached hydrogen (secondary N) is 1. The molecular weight excluding hydrogens is 356 g/mol. The van der Waals surface area contributed by atoms with Crippen molar-refractivity contribution in [2.45, 2.75) is 35.6 Å². The number of primary sulfonamides is 1. The van der Waals surface area contributed by atoms with Crippen molar-refractivity contribution in [3.05, 3.63) is 29.8 Å². The summed E-state index contributed by atoms with van der Waals surface area (Å²) in [5.74, 6) is -0.550. The Bertz CT molecular complexity index is 706. The first kappa shape index (κ1) is 19.7. The molecule has 1 amide bonds. The lowest BCUT2D eigenvalue weighted by Crippen LogP contribution is -2.60. The van der Waals surface area contributed by atoms with Crippen LogP contribution in [0.3, 0.4) is 0 Å². The number of nitrogens with two attached hydrogens (primary N) is 1. The third kappa shape index (κ3) is 4.52. The first-order chi connectivity index (χ1) is 11.6. The number of hydrogen-bond acceptors (Lipinski definition) is 8. The highest BCUT2D eigenvalue weighted by Crippen LogP contribution is 2.21. The summed E-state index contributed by atoms with van der Waals surface area (Å²) in [6.45, 7) is -0.166. The maximum absolute atomic E-state index is 12.1. The molecule has 11 heteroatoms. The van der Waals surface area contributed by atoms with E-state index in [2.05, 4.69) is 5.32 Å². The number of carbonyl (C=O) groups is 1. The summed E-state index contributed by atoms with van der Waals surface area (Å²) >= 11 is 0. The minimum absolute atomic E-state index is 0.130. The summed E-state index contributed by atoms with van der Waals surface area (Å²) in [6.07, 6.45) is -6.48. The van der Waals surface area contributed by atoms with E-state index >= 15 is 0 Å². The summed E-state index contributed by atoms with van der Waals surface area (Å²) in [7, 11) is -2.59. The van der Waals surface area contributed by atoms with E-state index in [-0.39, 0.29) is 17.0 Å². The fourth-order valence-corrected chi connectivity index (χ4v) is 2.89. The Morgan fingerprint density at radius 1 is 1.20 bits per heavy atom. The van der Waals surface area contributed by atoms with Crippen molar-refractivity contribution in [2.75, 3.05) is 13.7 Å². The van der Waals surface area contributed by atoms with E-state index in [0.29, 0.717) is 0 Å². The highest BCUT2D eigenvalue weighted by Gasteiger charge is 2.43. The Labute approximate surface area is 144 Å². The number of methoxy groups -OCH3 is 1. The van der Waals surface area contributed by atoms with Gasteiger partial charge in [-0.25, -0.2) is 13.6 Å². The van der Waals surface area contributed by atoms with Crippen LogP contribution in [0, 0.1) is 0 Å². The summed E-state index contributed by atoms with van der Waals surface area (Å²) < 4.78 is 32.5. The topological polar surface area (TPSA) is 168 Å². The minimum atomic E-state index is -3.85. The monoisotopic (exact) mass is 376 g/mol. The van der Waals surface area contributed by atoms with Crippen LogP contribution in [-0.4, -0.2) is 74.0 Å². The van der Waals surface area contributed by atoms with Crippen molar-refractivity contribution in [3.63, 3.8) is 0 Å². The third-order valence-corrected chi connectivity index (χ3v) is 4.74. The standard InChI is InChI=1S/C14H20N2O8S/c1-23-14-12(19)11(18)10(17)9(24-14)6-16-13(20)7-2-4-8(5-3-7)25(15,21)22/h2-5,9-12,14,17-19H,6H2,1H3,(H,16,20)(H2,15,21,22)/t9-,10-,11+,12+,14-/m1/s1. The van der Waals surface area contributed by atoms with E-state index in [0.717, 1.165) is 0 Å². The fraction of sp³-hybridized carbons (Fsp3) is 0.500. The molecule has 0 aliphatic carbocycles. The lowest BCUT2D eigenvalue weighted by atomic mass is 9.99. The van der Waals surface area contributed by atoms with Crippen LogP contribution in [0.4, 0.5) is 0 Å². The maximum atomic E-state index is 12.1. The molecule has 1 aromatic rings. The Hall–Kier alpha value is -1.60. The SMILES string of the molecule is CO[C@@H]1O[C@H](CNC(=O)c2ccc(S(N)(=O)=O)cc2)[C@@H](O)[C@H](O)[C@@H]1O. The lowest BCUT2D eigenvalue weighted by Gasteiger charge is -2.39. The molecule has 1 aliphatic rings. The Balaban J connectivity index is 1.99. The van der Waals surface area contributed by atoms with Crippen LogP contribution >= 0.6 is 0 Å². The van der Waals surface area contributed by atoms with Gasteiger partial charge in [0.2, 0.25) is 10.0 Å². The van der Waals surface area contributed by atoms with Crippen LogP contribution in [0.5, 0.6) is 0 Å². The zero-order valence-electron chi connectivity index (χ0n) is 13.3. The van der Waals surface area contributed by atoms with Crippen LogP contribution in [0.2, 0.25) is 0 Å². The average molecular weight is 376 g/mol. The van der Waals surface area contributed by atoms with Gasteiger partial charge in [-0.2, -0.15) is 0 Å². The van der Waals surface area contributed by atoms with Crippen molar-refractivity contribution < 1.29 is 38.0 Å². The molecule has 10 nitrogen and oxygen atoms in total. The number of aliphatic hydroxyl groups is 3. The third-order valence-electron chi connectivity index (χ3n) is 3.81. The Morgan fingerprint density at radius 2 is 1.80 bits per heavy atom.